The molecule has 0 aliphatic heterocycles. The lowest BCUT2D eigenvalue weighted by Crippen LogP contribution is -2.01. The summed E-state index contributed by atoms with van der Waals surface area (Å²) in [6.07, 6.45) is 8.45. The highest BCUT2D eigenvalue weighted by molar-refractivity contribution is 6.35. The van der Waals surface area contributed by atoms with E-state index in [1.807, 2.05) is 30.3 Å². The Labute approximate surface area is 211 Å². The van der Waals surface area contributed by atoms with Crippen molar-refractivity contribution in [1.29, 1.82) is 0 Å². The Morgan fingerprint density at radius 1 is 0.706 bits per heavy atom. The summed E-state index contributed by atoms with van der Waals surface area (Å²) >= 11 is 6.18. The Bertz CT molecular complexity index is 1030. The largest absolute Gasteiger partial charge is 0.493 e. The molecule has 0 heterocycles. The van der Waals surface area contributed by atoms with Gasteiger partial charge in [0, 0.05) is 15.8 Å². The topological polar surface area (TPSA) is 18.5 Å². The molecule has 3 heteroatoms. The molecule has 1 aliphatic rings. The molecule has 0 amide bonds. The maximum atomic E-state index is 6.18. The van der Waals surface area contributed by atoms with Gasteiger partial charge in [0.1, 0.15) is 11.5 Å². The zero-order valence-electron chi connectivity index (χ0n) is 21.4. The molecule has 0 radical (unpaired) electrons. The van der Waals surface area contributed by atoms with Crippen molar-refractivity contribution in [2.24, 2.45) is 11.8 Å². The Morgan fingerprint density at radius 2 is 1.35 bits per heavy atom. The molecule has 0 fully saturated rings. The van der Waals surface area contributed by atoms with Gasteiger partial charge < -0.3 is 9.47 Å². The van der Waals surface area contributed by atoms with E-state index in [4.69, 9.17) is 21.1 Å². The van der Waals surface area contributed by atoms with Gasteiger partial charge in [-0.1, -0.05) is 75.7 Å². The van der Waals surface area contributed by atoms with Gasteiger partial charge in [-0.25, -0.2) is 0 Å². The van der Waals surface area contributed by atoms with E-state index in [1.165, 1.54) is 49.7 Å². The lowest BCUT2D eigenvalue weighted by atomic mass is 10.1. The second kappa shape index (κ2) is 13.6. The van der Waals surface area contributed by atoms with Crippen LogP contribution in [0.3, 0.4) is 0 Å². The van der Waals surface area contributed by atoms with Crippen molar-refractivity contribution in [2.45, 2.75) is 72.6 Å². The van der Waals surface area contributed by atoms with Crippen LogP contribution in [0.4, 0.5) is 0 Å². The number of hydrogen-bond donors (Lipinski definition) is 0. The zero-order chi connectivity index (χ0) is 24.3. The molecule has 3 aromatic carbocycles. The molecule has 34 heavy (non-hydrogen) atoms. The molecule has 2 nitrogen and oxygen atoms in total. The van der Waals surface area contributed by atoms with Gasteiger partial charge in [-0.2, -0.15) is 0 Å². The SMILES string of the molecule is CC(C)CCCOc1ccc(Cl)c2ccccc12.CC(C)CCCOc1cccc2c1CCC2. The fraction of sp³-hybridized carbons (Fsp3) is 0.484. The highest BCUT2D eigenvalue weighted by Gasteiger charge is 2.14. The van der Waals surface area contributed by atoms with Gasteiger partial charge in [-0.3, -0.25) is 0 Å². The highest BCUT2D eigenvalue weighted by atomic mass is 35.5. The van der Waals surface area contributed by atoms with E-state index in [0.717, 1.165) is 58.8 Å². The van der Waals surface area contributed by atoms with Crippen LogP contribution in [0.15, 0.2) is 54.6 Å². The minimum Gasteiger partial charge on any atom is -0.493 e. The molecule has 3 aromatic rings. The van der Waals surface area contributed by atoms with E-state index in [-0.39, 0.29) is 0 Å². The van der Waals surface area contributed by atoms with Crippen LogP contribution in [0.1, 0.15) is 70.9 Å². The molecule has 0 unspecified atom stereocenters. The predicted molar refractivity (Wildman–Crippen MR) is 147 cm³/mol. The zero-order valence-corrected chi connectivity index (χ0v) is 22.2. The predicted octanol–water partition coefficient (Wildman–Crippen LogP) is 9.30. The number of ether oxygens (including phenoxy) is 2. The Kier molecular flexibility index (Phi) is 10.6. The Balaban J connectivity index is 0.000000192. The first-order chi connectivity index (χ1) is 16.5. The summed E-state index contributed by atoms with van der Waals surface area (Å²) in [6, 6.07) is 18.4. The number of benzene rings is 3. The van der Waals surface area contributed by atoms with Crippen molar-refractivity contribution in [3.05, 3.63) is 70.7 Å². The molecule has 4 rings (SSSR count). The number of fused-ring (bicyclic) bond motifs is 2. The third kappa shape index (κ3) is 7.94. The normalized spacial score (nSPS) is 12.6. The number of halogens is 1. The fourth-order valence-corrected chi connectivity index (χ4v) is 4.66. The average Bonchev–Trinajstić information content (AvgIpc) is 3.31. The molecule has 0 spiro atoms. The second-order valence-electron chi connectivity index (χ2n) is 10.1. The first-order valence-electron chi connectivity index (χ1n) is 13.0. The van der Waals surface area contributed by atoms with Gasteiger partial charge in [-0.15, -0.1) is 0 Å². The van der Waals surface area contributed by atoms with Crippen molar-refractivity contribution in [3.63, 3.8) is 0 Å². The van der Waals surface area contributed by atoms with Crippen molar-refractivity contribution < 1.29 is 9.47 Å². The summed E-state index contributed by atoms with van der Waals surface area (Å²) in [6.45, 7) is 10.6. The number of aryl methyl sites for hydroxylation is 1. The third-order valence-corrected chi connectivity index (χ3v) is 6.63. The summed E-state index contributed by atoms with van der Waals surface area (Å²) in [5, 5.41) is 2.93. The van der Waals surface area contributed by atoms with Gasteiger partial charge >= 0.3 is 0 Å². The molecule has 0 bridgehead atoms. The average molecular weight is 481 g/mol. The van der Waals surface area contributed by atoms with Crippen LogP contribution in [0, 0.1) is 11.8 Å². The maximum absolute atomic E-state index is 6.18. The standard InChI is InChI=1S/C16H19ClO.C15H22O/c1-12(2)6-5-11-18-16-10-9-15(17)13-7-3-4-8-14(13)16;1-12(2)6-5-11-16-15-10-4-8-13-7-3-9-14(13)15/h3-4,7-10,12H,5-6,11H2,1-2H3;4,8,10,12H,3,5-7,9,11H2,1-2H3. The highest BCUT2D eigenvalue weighted by Crippen LogP contribution is 2.32. The summed E-state index contributed by atoms with van der Waals surface area (Å²) in [4.78, 5) is 0. The van der Waals surface area contributed by atoms with Crippen LogP contribution >= 0.6 is 11.6 Å². The fourth-order valence-electron chi connectivity index (χ4n) is 4.43. The first-order valence-corrected chi connectivity index (χ1v) is 13.4. The molecule has 184 valence electrons. The van der Waals surface area contributed by atoms with Crippen molar-refractivity contribution in [1.82, 2.24) is 0 Å². The van der Waals surface area contributed by atoms with Crippen LogP contribution < -0.4 is 9.47 Å². The molecule has 0 saturated carbocycles. The second-order valence-corrected chi connectivity index (χ2v) is 10.5. The summed E-state index contributed by atoms with van der Waals surface area (Å²) in [7, 11) is 0. The van der Waals surface area contributed by atoms with Crippen molar-refractivity contribution in [3.8, 4) is 11.5 Å². The van der Waals surface area contributed by atoms with Crippen LogP contribution in [0.2, 0.25) is 5.02 Å². The van der Waals surface area contributed by atoms with Crippen LogP contribution in [-0.4, -0.2) is 13.2 Å². The summed E-state index contributed by atoms with van der Waals surface area (Å²) in [5.74, 6) is 3.58. The van der Waals surface area contributed by atoms with Crippen molar-refractivity contribution in [2.75, 3.05) is 13.2 Å². The van der Waals surface area contributed by atoms with Gasteiger partial charge in [0.2, 0.25) is 0 Å². The van der Waals surface area contributed by atoms with Gasteiger partial charge in [0.25, 0.3) is 0 Å². The van der Waals surface area contributed by atoms with Crippen LogP contribution in [-0.2, 0) is 12.8 Å². The molecular weight excluding hydrogens is 440 g/mol. The minimum atomic E-state index is 0.732. The third-order valence-electron chi connectivity index (χ3n) is 6.30. The number of hydrogen-bond acceptors (Lipinski definition) is 2. The summed E-state index contributed by atoms with van der Waals surface area (Å²) < 4.78 is 11.8. The molecule has 0 N–H and O–H groups in total. The van der Waals surface area contributed by atoms with E-state index in [2.05, 4.69) is 52.0 Å². The lowest BCUT2D eigenvalue weighted by molar-refractivity contribution is 0.295. The smallest absolute Gasteiger partial charge is 0.127 e. The number of rotatable bonds is 10. The van der Waals surface area contributed by atoms with E-state index >= 15 is 0 Å². The molecular formula is C31H41ClO2. The van der Waals surface area contributed by atoms with Crippen LogP contribution in [0.5, 0.6) is 11.5 Å². The van der Waals surface area contributed by atoms with E-state index in [9.17, 15) is 0 Å². The first kappa shape index (κ1) is 26.4. The maximum Gasteiger partial charge on any atom is 0.127 e. The van der Waals surface area contributed by atoms with E-state index in [0.29, 0.717) is 0 Å². The molecule has 0 saturated heterocycles. The lowest BCUT2D eigenvalue weighted by Gasteiger charge is -2.11. The quantitative estimate of drug-likeness (QED) is 0.269. The van der Waals surface area contributed by atoms with Gasteiger partial charge in [0.05, 0.1) is 13.2 Å². The monoisotopic (exact) mass is 480 g/mol. The van der Waals surface area contributed by atoms with Gasteiger partial charge in [-0.05, 0) is 86.1 Å². The van der Waals surface area contributed by atoms with E-state index in [1.54, 1.807) is 0 Å². The van der Waals surface area contributed by atoms with Crippen LogP contribution in [0.25, 0.3) is 10.8 Å². The molecule has 1 aliphatic carbocycles. The van der Waals surface area contributed by atoms with E-state index < -0.39 is 0 Å². The minimum absolute atomic E-state index is 0.732. The van der Waals surface area contributed by atoms with Gasteiger partial charge in [0.15, 0.2) is 0 Å². The Hall–Kier alpha value is -2.19. The summed E-state index contributed by atoms with van der Waals surface area (Å²) in [5.41, 5.74) is 2.97. The Morgan fingerprint density at radius 3 is 2.03 bits per heavy atom. The van der Waals surface area contributed by atoms with Crippen molar-refractivity contribution >= 4 is 22.4 Å². The molecule has 0 atom stereocenters. The molecule has 0 aromatic heterocycles.